The summed E-state index contributed by atoms with van der Waals surface area (Å²) in [5, 5.41) is 0. The minimum absolute atomic E-state index is 0.00828. The van der Waals surface area contributed by atoms with E-state index < -0.39 is 21.8 Å². The number of carbonyl (C=O) groups is 1. The Morgan fingerprint density at radius 2 is 1.79 bits per heavy atom. The number of rotatable bonds is 3. The van der Waals surface area contributed by atoms with E-state index in [2.05, 4.69) is 4.28 Å². The maximum Gasteiger partial charge on any atom is 0.432 e. The molecule has 0 fully saturated rings. The first kappa shape index (κ1) is 15.5. The van der Waals surface area contributed by atoms with Gasteiger partial charge >= 0.3 is 16.2 Å². The van der Waals surface area contributed by atoms with E-state index in [1.165, 1.54) is 6.07 Å². The Balaban J connectivity index is 2.72. The summed E-state index contributed by atoms with van der Waals surface area (Å²) in [6.45, 7) is 6.59. The highest BCUT2D eigenvalue weighted by molar-refractivity contribution is 7.86. The molecule has 0 bridgehead atoms. The molecule has 1 amide bonds. The van der Waals surface area contributed by atoms with Crippen LogP contribution in [0.2, 0.25) is 0 Å². The average molecular weight is 287 g/mol. The van der Waals surface area contributed by atoms with Crippen molar-refractivity contribution in [1.29, 1.82) is 0 Å². The second kappa shape index (κ2) is 5.58. The number of ether oxygens (including phenoxy) is 1. The smallest absolute Gasteiger partial charge is 0.432 e. The van der Waals surface area contributed by atoms with E-state index in [0.29, 0.717) is 5.56 Å². The van der Waals surface area contributed by atoms with Crippen LogP contribution < -0.4 is 5.48 Å². The molecule has 0 atom stereocenters. The van der Waals surface area contributed by atoms with Crippen LogP contribution >= 0.6 is 0 Å². The molecule has 106 valence electrons. The zero-order chi connectivity index (χ0) is 14.7. The van der Waals surface area contributed by atoms with Gasteiger partial charge in [0, 0.05) is 0 Å². The number of hydroxylamine groups is 1. The third kappa shape index (κ3) is 4.88. The third-order valence-corrected chi connectivity index (χ3v) is 3.30. The average Bonchev–Trinajstić information content (AvgIpc) is 2.24. The second-order valence-corrected chi connectivity index (χ2v) is 6.42. The number of benzene rings is 1. The van der Waals surface area contributed by atoms with Gasteiger partial charge < -0.3 is 4.74 Å². The molecule has 0 aliphatic heterocycles. The van der Waals surface area contributed by atoms with Crippen molar-refractivity contribution >= 4 is 16.2 Å². The Hall–Kier alpha value is -1.60. The molecule has 19 heavy (non-hydrogen) atoms. The summed E-state index contributed by atoms with van der Waals surface area (Å²) < 4.78 is 33.0. The fourth-order valence-corrected chi connectivity index (χ4v) is 2.24. The van der Waals surface area contributed by atoms with E-state index in [-0.39, 0.29) is 4.90 Å². The monoisotopic (exact) mass is 287 g/mol. The highest BCUT2D eigenvalue weighted by Crippen LogP contribution is 2.16. The van der Waals surface area contributed by atoms with Crippen molar-refractivity contribution in [1.82, 2.24) is 5.48 Å². The fraction of sp³-hybridized carbons (Fsp3) is 0.417. The van der Waals surface area contributed by atoms with Gasteiger partial charge in [0.1, 0.15) is 5.60 Å². The van der Waals surface area contributed by atoms with Gasteiger partial charge in [-0.05, 0) is 39.3 Å². The van der Waals surface area contributed by atoms with Crippen molar-refractivity contribution in [3.63, 3.8) is 0 Å². The molecule has 6 nitrogen and oxygen atoms in total. The normalized spacial score (nSPS) is 12.0. The SMILES string of the molecule is Cc1ccccc1S(=O)(=O)ONC(=O)OC(C)(C)C. The molecule has 0 unspecified atom stereocenters. The first-order valence-electron chi connectivity index (χ1n) is 5.60. The van der Waals surface area contributed by atoms with Gasteiger partial charge in [0.15, 0.2) is 0 Å². The van der Waals surface area contributed by atoms with E-state index in [1.54, 1.807) is 51.4 Å². The molecule has 1 rings (SSSR count). The number of amides is 1. The lowest BCUT2D eigenvalue weighted by atomic mass is 10.2. The summed E-state index contributed by atoms with van der Waals surface area (Å²) in [6, 6.07) is 6.29. The zero-order valence-electron chi connectivity index (χ0n) is 11.3. The molecule has 0 saturated heterocycles. The van der Waals surface area contributed by atoms with Gasteiger partial charge in [0.25, 0.3) is 0 Å². The lowest BCUT2D eigenvalue weighted by molar-refractivity contribution is 0.0298. The summed E-state index contributed by atoms with van der Waals surface area (Å²) in [7, 11) is -4.05. The van der Waals surface area contributed by atoms with Gasteiger partial charge in [-0.2, -0.15) is 13.9 Å². The van der Waals surface area contributed by atoms with Gasteiger partial charge in [0.05, 0.1) is 4.90 Å². The summed E-state index contributed by atoms with van der Waals surface area (Å²) >= 11 is 0. The molecule has 1 N–H and O–H groups in total. The Kier molecular flexibility index (Phi) is 4.54. The lowest BCUT2D eigenvalue weighted by Gasteiger charge is -2.19. The highest BCUT2D eigenvalue weighted by atomic mass is 32.2. The van der Waals surface area contributed by atoms with Crippen LogP contribution in [0.25, 0.3) is 0 Å². The summed E-state index contributed by atoms with van der Waals surface area (Å²) in [4.78, 5) is 11.3. The summed E-state index contributed by atoms with van der Waals surface area (Å²) in [5.74, 6) is 0. The molecule has 7 heteroatoms. The van der Waals surface area contributed by atoms with Crippen LogP contribution in [-0.4, -0.2) is 20.1 Å². The van der Waals surface area contributed by atoms with E-state index in [1.807, 2.05) is 0 Å². The molecule has 0 heterocycles. The van der Waals surface area contributed by atoms with Crippen molar-refractivity contribution in [2.24, 2.45) is 0 Å². The Labute approximate surface area is 112 Å². The number of hydrogen-bond donors (Lipinski definition) is 1. The minimum atomic E-state index is -4.05. The first-order valence-corrected chi connectivity index (χ1v) is 7.01. The van der Waals surface area contributed by atoms with Crippen molar-refractivity contribution in [2.75, 3.05) is 0 Å². The molecule has 0 saturated carbocycles. The van der Waals surface area contributed by atoms with Gasteiger partial charge in [0.2, 0.25) is 0 Å². The van der Waals surface area contributed by atoms with E-state index in [9.17, 15) is 13.2 Å². The van der Waals surface area contributed by atoms with Gasteiger partial charge in [-0.1, -0.05) is 18.2 Å². The summed E-state index contributed by atoms with van der Waals surface area (Å²) in [6.07, 6.45) is -0.968. The standard InChI is InChI=1S/C12H17NO5S/c1-9-7-5-6-8-10(9)19(15,16)18-13-11(14)17-12(2,3)4/h5-8H,1-4H3,(H,13,14). The Bertz CT molecular complexity index is 560. The molecule has 0 aliphatic carbocycles. The van der Waals surface area contributed by atoms with Crippen LogP contribution in [0.15, 0.2) is 29.2 Å². The minimum Gasteiger partial charge on any atom is -0.442 e. The van der Waals surface area contributed by atoms with Crippen molar-refractivity contribution in [2.45, 2.75) is 38.2 Å². The van der Waals surface area contributed by atoms with E-state index >= 15 is 0 Å². The zero-order valence-corrected chi connectivity index (χ0v) is 12.1. The van der Waals surface area contributed by atoms with Crippen LogP contribution in [0.1, 0.15) is 26.3 Å². The van der Waals surface area contributed by atoms with Crippen molar-refractivity contribution in [3.8, 4) is 0 Å². The maximum atomic E-state index is 11.8. The van der Waals surface area contributed by atoms with Gasteiger partial charge in [-0.15, -0.1) is 4.28 Å². The topological polar surface area (TPSA) is 81.7 Å². The Morgan fingerprint density at radius 3 is 2.32 bits per heavy atom. The van der Waals surface area contributed by atoms with Gasteiger partial charge in [-0.25, -0.2) is 4.79 Å². The molecule has 0 spiro atoms. The molecule has 1 aromatic carbocycles. The predicted molar refractivity (Wildman–Crippen MR) is 68.8 cm³/mol. The molecule has 0 aliphatic rings. The molecule has 1 aromatic rings. The van der Waals surface area contributed by atoms with Crippen LogP contribution in [0.3, 0.4) is 0 Å². The first-order chi connectivity index (χ1) is 8.62. The van der Waals surface area contributed by atoms with E-state index in [4.69, 9.17) is 4.74 Å². The van der Waals surface area contributed by atoms with Crippen molar-refractivity contribution in [3.05, 3.63) is 29.8 Å². The molecule has 0 aromatic heterocycles. The lowest BCUT2D eigenvalue weighted by Crippen LogP contribution is -2.34. The molecule has 0 radical (unpaired) electrons. The fourth-order valence-electron chi connectivity index (χ4n) is 1.27. The number of aryl methyl sites for hydroxylation is 1. The largest absolute Gasteiger partial charge is 0.442 e. The van der Waals surface area contributed by atoms with Crippen LogP contribution in [0, 0.1) is 6.92 Å². The summed E-state index contributed by atoms with van der Waals surface area (Å²) in [5.41, 5.74) is 1.54. The molecular formula is C12H17NO5S. The number of hydrogen-bond acceptors (Lipinski definition) is 5. The number of nitrogens with one attached hydrogen (secondary N) is 1. The second-order valence-electron chi connectivity index (χ2n) is 4.91. The molecular weight excluding hydrogens is 270 g/mol. The van der Waals surface area contributed by atoms with Crippen LogP contribution in [0.4, 0.5) is 4.79 Å². The van der Waals surface area contributed by atoms with Crippen LogP contribution in [-0.2, 0) is 19.1 Å². The predicted octanol–water partition coefficient (Wildman–Crippen LogP) is 2.14. The maximum absolute atomic E-state index is 11.8. The van der Waals surface area contributed by atoms with Gasteiger partial charge in [-0.3, -0.25) is 0 Å². The van der Waals surface area contributed by atoms with Crippen LogP contribution in [0.5, 0.6) is 0 Å². The van der Waals surface area contributed by atoms with Crippen molar-refractivity contribution < 1.29 is 22.2 Å². The quantitative estimate of drug-likeness (QED) is 0.861. The Morgan fingerprint density at radius 1 is 1.21 bits per heavy atom. The van der Waals surface area contributed by atoms with E-state index in [0.717, 1.165) is 0 Å². The highest BCUT2D eigenvalue weighted by Gasteiger charge is 2.22. The number of carbonyl (C=O) groups excluding carboxylic acids is 1. The third-order valence-electron chi connectivity index (χ3n) is 2.00.